The predicted octanol–water partition coefficient (Wildman–Crippen LogP) is 2.43. The fourth-order valence-electron chi connectivity index (χ4n) is 2.38. The van der Waals surface area contributed by atoms with Crippen LogP contribution in [0, 0.1) is 5.92 Å². The number of rotatable bonds is 9. The summed E-state index contributed by atoms with van der Waals surface area (Å²) in [5.74, 6) is -0.944. The summed E-state index contributed by atoms with van der Waals surface area (Å²) in [5.41, 5.74) is 1.22. The van der Waals surface area contributed by atoms with Crippen LogP contribution in [0.1, 0.15) is 31.2 Å². The van der Waals surface area contributed by atoms with Gasteiger partial charge in [0.15, 0.2) is 0 Å². The third-order valence-corrected chi connectivity index (χ3v) is 4.48. The van der Waals surface area contributed by atoms with Gasteiger partial charge in [-0.2, -0.15) is 0 Å². The Labute approximate surface area is 130 Å². The third-order valence-electron chi connectivity index (χ3n) is 3.49. The van der Waals surface area contributed by atoms with Gasteiger partial charge in [0.2, 0.25) is 5.91 Å². The van der Waals surface area contributed by atoms with E-state index in [1.807, 2.05) is 30.3 Å². The molecular formula is C15H24NO5P. The van der Waals surface area contributed by atoms with Crippen LogP contribution in [-0.4, -0.2) is 39.2 Å². The van der Waals surface area contributed by atoms with Crippen LogP contribution in [0.25, 0.3) is 0 Å². The molecule has 124 valence electrons. The van der Waals surface area contributed by atoms with Gasteiger partial charge in [-0.05, 0) is 30.7 Å². The first-order valence-electron chi connectivity index (χ1n) is 7.32. The largest absolute Gasteiger partial charge is 0.325 e. The molecule has 1 rings (SSSR count). The fourth-order valence-corrected chi connectivity index (χ4v) is 3.36. The molecule has 1 amide bonds. The molecule has 0 aliphatic rings. The molecule has 1 aromatic carbocycles. The maximum Gasteiger partial charge on any atom is 0.325 e. The first-order chi connectivity index (χ1) is 10.3. The van der Waals surface area contributed by atoms with Crippen molar-refractivity contribution >= 4 is 13.5 Å². The maximum atomic E-state index is 11.5. The van der Waals surface area contributed by atoms with E-state index < -0.39 is 19.4 Å². The second-order valence-electron chi connectivity index (χ2n) is 5.57. The van der Waals surface area contributed by atoms with E-state index in [2.05, 4.69) is 0 Å². The summed E-state index contributed by atoms with van der Waals surface area (Å²) in [5, 5.41) is 9.55. The average molecular weight is 329 g/mol. The minimum Gasteiger partial charge on any atom is -0.324 e. The highest BCUT2D eigenvalue weighted by atomic mass is 31.2. The third kappa shape index (κ3) is 8.29. The Morgan fingerprint density at radius 3 is 2.41 bits per heavy atom. The average Bonchev–Trinajstić information content (AvgIpc) is 2.42. The second-order valence-corrected chi connectivity index (χ2v) is 7.26. The number of amides is 1. The van der Waals surface area contributed by atoms with Crippen molar-refractivity contribution in [2.45, 2.75) is 32.1 Å². The smallest absolute Gasteiger partial charge is 0.324 e. The summed E-state index contributed by atoms with van der Waals surface area (Å²) in [6, 6.07) is 9.98. The quantitative estimate of drug-likeness (QED) is 0.280. The summed E-state index contributed by atoms with van der Waals surface area (Å²) in [7, 11) is -2.95. The number of aryl methyl sites for hydroxylation is 1. The van der Waals surface area contributed by atoms with Crippen LogP contribution in [0.2, 0.25) is 0 Å². The van der Waals surface area contributed by atoms with Crippen LogP contribution in [0.4, 0.5) is 0 Å². The van der Waals surface area contributed by atoms with Crippen molar-refractivity contribution in [1.82, 2.24) is 5.06 Å². The molecule has 3 N–H and O–H groups in total. The number of hydroxylamine groups is 2. The molecular weight excluding hydrogens is 305 g/mol. The molecule has 0 fully saturated rings. The molecule has 0 saturated heterocycles. The van der Waals surface area contributed by atoms with E-state index in [1.54, 1.807) is 0 Å². The highest BCUT2D eigenvalue weighted by molar-refractivity contribution is 7.51. The van der Waals surface area contributed by atoms with Gasteiger partial charge in [-0.25, -0.2) is 5.06 Å². The Balaban J connectivity index is 2.43. The Hall–Kier alpha value is -1.20. The molecule has 0 aliphatic heterocycles. The van der Waals surface area contributed by atoms with Gasteiger partial charge >= 0.3 is 7.60 Å². The number of hydrogen-bond donors (Lipinski definition) is 3. The van der Waals surface area contributed by atoms with Crippen molar-refractivity contribution in [3.05, 3.63) is 35.9 Å². The molecule has 7 heteroatoms. The monoisotopic (exact) mass is 329 g/mol. The van der Waals surface area contributed by atoms with Crippen LogP contribution >= 0.6 is 7.60 Å². The van der Waals surface area contributed by atoms with Crippen molar-refractivity contribution in [2.75, 3.05) is 13.2 Å². The standard InChI is InChI=1S/C15H24NO5P/c1-16(18)15(17)11-14(12-22(19,20)21)10-6-5-9-13-7-3-2-4-8-13/h2-4,7-8,14,18H,5-6,9-12H2,1H3,(H2,19,20,21). The number of carbonyl (C=O) groups excluding carboxylic acids is 1. The van der Waals surface area contributed by atoms with E-state index >= 15 is 0 Å². The van der Waals surface area contributed by atoms with E-state index in [-0.39, 0.29) is 12.6 Å². The van der Waals surface area contributed by atoms with Gasteiger partial charge in [-0.3, -0.25) is 14.6 Å². The first-order valence-corrected chi connectivity index (χ1v) is 9.11. The minimum absolute atomic E-state index is 0.0521. The molecule has 0 radical (unpaired) electrons. The Kier molecular flexibility index (Phi) is 7.76. The number of hydrogen-bond acceptors (Lipinski definition) is 3. The lowest BCUT2D eigenvalue weighted by molar-refractivity contribution is -0.160. The summed E-state index contributed by atoms with van der Waals surface area (Å²) in [6.45, 7) is 0. The van der Waals surface area contributed by atoms with E-state index in [0.717, 1.165) is 19.3 Å². The van der Waals surface area contributed by atoms with Gasteiger partial charge in [0.1, 0.15) is 0 Å². The minimum atomic E-state index is -4.17. The molecule has 6 nitrogen and oxygen atoms in total. The topological polar surface area (TPSA) is 98.1 Å². The van der Waals surface area contributed by atoms with E-state index in [0.29, 0.717) is 11.5 Å². The van der Waals surface area contributed by atoms with Crippen molar-refractivity contribution in [3.8, 4) is 0 Å². The van der Waals surface area contributed by atoms with E-state index in [4.69, 9.17) is 15.0 Å². The second kappa shape index (κ2) is 9.06. The molecule has 22 heavy (non-hydrogen) atoms. The van der Waals surface area contributed by atoms with Gasteiger partial charge in [0.25, 0.3) is 0 Å². The zero-order valence-electron chi connectivity index (χ0n) is 12.8. The van der Waals surface area contributed by atoms with Crippen LogP contribution < -0.4 is 0 Å². The molecule has 1 atom stereocenters. The summed E-state index contributed by atoms with van der Waals surface area (Å²) in [4.78, 5) is 29.7. The zero-order valence-corrected chi connectivity index (χ0v) is 13.7. The van der Waals surface area contributed by atoms with Crippen LogP contribution in [0.15, 0.2) is 30.3 Å². The van der Waals surface area contributed by atoms with Gasteiger partial charge in [0.05, 0.1) is 6.16 Å². The van der Waals surface area contributed by atoms with Crippen molar-refractivity contribution in [2.24, 2.45) is 5.92 Å². The molecule has 0 aromatic heterocycles. The highest BCUT2D eigenvalue weighted by Gasteiger charge is 2.24. The number of benzene rings is 1. The Morgan fingerprint density at radius 1 is 1.23 bits per heavy atom. The van der Waals surface area contributed by atoms with Gasteiger partial charge in [-0.1, -0.05) is 36.8 Å². The lowest BCUT2D eigenvalue weighted by Gasteiger charge is -2.18. The van der Waals surface area contributed by atoms with Gasteiger partial charge in [-0.15, -0.1) is 0 Å². The molecule has 1 aromatic rings. The van der Waals surface area contributed by atoms with Gasteiger partial charge in [0, 0.05) is 13.5 Å². The molecule has 0 bridgehead atoms. The number of carbonyl (C=O) groups is 1. The lowest BCUT2D eigenvalue weighted by atomic mass is 9.98. The molecule has 0 aliphatic carbocycles. The number of unbranched alkanes of at least 4 members (excludes halogenated alkanes) is 1. The summed E-state index contributed by atoms with van der Waals surface area (Å²) >= 11 is 0. The molecule has 0 spiro atoms. The van der Waals surface area contributed by atoms with Crippen molar-refractivity contribution in [1.29, 1.82) is 0 Å². The predicted molar refractivity (Wildman–Crippen MR) is 83.6 cm³/mol. The molecule has 0 heterocycles. The molecule has 1 unspecified atom stereocenters. The fraction of sp³-hybridized carbons (Fsp3) is 0.533. The van der Waals surface area contributed by atoms with Gasteiger partial charge < -0.3 is 9.79 Å². The van der Waals surface area contributed by atoms with E-state index in [9.17, 15) is 9.36 Å². The number of nitrogens with zero attached hydrogens (tertiary/aromatic N) is 1. The summed E-state index contributed by atoms with van der Waals surface area (Å²) < 4.78 is 11.2. The SMILES string of the molecule is CN(O)C(=O)CC(CCCCc1ccccc1)CP(=O)(O)O. The first kappa shape index (κ1) is 18.8. The maximum absolute atomic E-state index is 11.5. The lowest BCUT2D eigenvalue weighted by Crippen LogP contribution is -2.26. The Morgan fingerprint density at radius 2 is 1.86 bits per heavy atom. The van der Waals surface area contributed by atoms with Crippen molar-refractivity contribution in [3.63, 3.8) is 0 Å². The summed E-state index contributed by atoms with van der Waals surface area (Å²) in [6.07, 6.45) is 2.75. The molecule has 0 saturated carbocycles. The highest BCUT2D eigenvalue weighted by Crippen LogP contribution is 2.39. The van der Waals surface area contributed by atoms with Crippen LogP contribution in [0.5, 0.6) is 0 Å². The Bertz CT molecular complexity index is 500. The van der Waals surface area contributed by atoms with Crippen LogP contribution in [-0.2, 0) is 15.8 Å². The van der Waals surface area contributed by atoms with Crippen molar-refractivity contribution < 1.29 is 24.4 Å². The van der Waals surface area contributed by atoms with Crippen LogP contribution in [0.3, 0.4) is 0 Å². The zero-order chi connectivity index (χ0) is 16.6. The normalized spacial score (nSPS) is 12.9. The van der Waals surface area contributed by atoms with E-state index in [1.165, 1.54) is 12.6 Å².